The zero-order valence-corrected chi connectivity index (χ0v) is 9.67. The second-order valence-corrected chi connectivity index (χ2v) is 5.21. The third-order valence-electron chi connectivity index (χ3n) is 1.96. The number of hydrogen-bond donors (Lipinski definition) is 1. The van der Waals surface area contributed by atoms with Crippen molar-refractivity contribution >= 4 is 11.6 Å². The first-order valence-electron chi connectivity index (χ1n) is 4.75. The van der Waals surface area contributed by atoms with Crippen molar-refractivity contribution in [2.75, 3.05) is 0 Å². The van der Waals surface area contributed by atoms with E-state index in [4.69, 9.17) is 17.3 Å². The lowest BCUT2D eigenvalue weighted by Crippen LogP contribution is -2.19. The number of aromatic nitrogens is 1. The van der Waals surface area contributed by atoms with Crippen molar-refractivity contribution in [3.05, 3.63) is 29.0 Å². The average Bonchev–Trinajstić information content (AvgIpc) is 2.01. The summed E-state index contributed by atoms with van der Waals surface area (Å²) in [5.74, 6) is 0. The maximum atomic E-state index is 6.03. The normalized spacial score (nSPS) is 14.1. The summed E-state index contributed by atoms with van der Waals surface area (Å²) in [4.78, 5) is 4.21. The topological polar surface area (TPSA) is 38.9 Å². The number of pyridine rings is 1. The standard InChI is InChI=1S/C11H17ClN2/c1-11(2,3)7-9(13)10-6-8(12)4-5-14-10/h4-6,9H,7,13H2,1-3H3/t9-/m0/s1. The highest BCUT2D eigenvalue weighted by Gasteiger charge is 2.17. The van der Waals surface area contributed by atoms with E-state index < -0.39 is 0 Å². The van der Waals surface area contributed by atoms with E-state index in [-0.39, 0.29) is 11.5 Å². The van der Waals surface area contributed by atoms with Crippen LogP contribution in [0.4, 0.5) is 0 Å². The zero-order chi connectivity index (χ0) is 10.8. The van der Waals surface area contributed by atoms with Crippen LogP contribution >= 0.6 is 11.6 Å². The number of rotatable bonds is 2. The first kappa shape index (κ1) is 11.5. The second-order valence-electron chi connectivity index (χ2n) is 4.77. The van der Waals surface area contributed by atoms with Gasteiger partial charge in [-0.3, -0.25) is 4.98 Å². The van der Waals surface area contributed by atoms with E-state index in [0.29, 0.717) is 5.02 Å². The molecular formula is C11H17ClN2. The van der Waals surface area contributed by atoms with Gasteiger partial charge in [0.15, 0.2) is 0 Å². The van der Waals surface area contributed by atoms with Crippen molar-refractivity contribution < 1.29 is 0 Å². The van der Waals surface area contributed by atoms with Crippen molar-refractivity contribution in [2.45, 2.75) is 33.2 Å². The molecule has 1 atom stereocenters. The van der Waals surface area contributed by atoms with Crippen LogP contribution < -0.4 is 5.73 Å². The maximum absolute atomic E-state index is 6.03. The fourth-order valence-electron chi connectivity index (χ4n) is 1.39. The van der Waals surface area contributed by atoms with E-state index >= 15 is 0 Å². The van der Waals surface area contributed by atoms with Gasteiger partial charge in [0.1, 0.15) is 0 Å². The number of halogens is 1. The Hall–Kier alpha value is -0.600. The van der Waals surface area contributed by atoms with E-state index in [0.717, 1.165) is 12.1 Å². The number of nitrogens with zero attached hydrogens (tertiary/aromatic N) is 1. The summed E-state index contributed by atoms with van der Waals surface area (Å²) in [7, 11) is 0. The largest absolute Gasteiger partial charge is 0.323 e. The van der Waals surface area contributed by atoms with Gasteiger partial charge in [0.05, 0.1) is 5.69 Å². The summed E-state index contributed by atoms with van der Waals surface area (Å²) in [6.07, 6.45) is 2.60. The Bertz CT molecular complexity index is 304. The highest BCUT2D eigenvalue weighted by molar-refractivity contribution is 6.30. The summed E-state index contributed by atoms with van der Waals surface area (Å²) < 4.78 is 0. The van der Waals surface area contributed by atoms with Gasteiger partial charge >= 0.3 is 0 Å². The summed E-state index contributed by atoms with van der Waals surface area (Å²) in [6.45, 7) is 6.49. The second kappa shape index (κ2) is 4.28. The molecule has 1 aromatic rings. The van der Waals surface area contributed by atoms with Gasteiger partial charge in [0.25, 0.3) is 0 Å². The molecule has 0 fully saturated rings. The fraction of sp³-hybridized carbons (Fsp3) is 0.545. The Morgan fingerprint density at radius 1 is 1.50 bits per heavy atom. The highest BCUT2D eigenvalue weighted by atomic mass is 35.5. The van der Waals surface area contributed by atoms with Gasteiger partial charge in [0.2, 0.25) is 0 Å². The van der Waals surface area contributed by atoms with Crippen LogP contribution in [0.25, 0.3) is 0 Å². The number of hydrogen-bond acceptors (Lipinski definition) is 2. The molecule has 0 aliphatic heterocycles. The fourth-order valence-corrected chi connectivity index (χ4v) is 1.56. The molecule has 0 aliphatic carbocycles. The summed E-state index contributed by atoms with van der Waals surface area (Å²) in [6, 6.07) is 3.56. The molecule has 3 heteroatoms. The maximum Gasteiger partial charge on any atom is 0.0585 e. The molecule has 78 valence electrons. The first-order valence-corrected chi connectivity index (χ1v) is 5.13. The molecule has 2 nitrogen and oxygen atoms in total. The van der Waals surface area contributed by atoms with Crippen LogP contribution in [0.2, 0.25) is 5.02 Å². The van der Waals surface area contributed by atoms with Crippen molar-refractivity contribution in [2.24, 2.45) is 11.1 Å². The van der Waals surface area contributed by atoms with Crippen molar-refractivity contribution in [3.8, 4) is 0 Å². The summed E-state index contributed by atoms with van der Waals surface area (Å²) in [5.41, 5.74) is 7.11. The van der Waals surface area contributed by atoms with Gasteiger partial charge in [-0.1, -0.05) is 32.4 Å². The highest BCUT2D eigenvalue weighted by Crippen LogP contribution is 2.27. The predicted molar refractivity (Wildman–Crippen MR) is 60.2 cm³/mol. The van der Waals surface area contributed by atoms with E-state index in [9.17, 15) is 0 Å². The van der Waals surface area contributed by atoms with Crippen LogP contribution in [0, 0.1) is 5.41 Å². The minimum atomic E-state index is -0.0336. The SMILES string of the molecule is CC(C)(C)C[C@H](N)c1cc(Cl)ccn1. The monoisotopic (exact) mass is 212 g/mol. The average molecular weight is 213 g/mol. The predicted octanol–water partition coefficient (Wildman–Crippen LogP) is 3.17. The quantitative estimate of drug-likeness (QED) is 0.818. The Kier molecular flexibility index (Phi) is 3.51. The summed E-state index contributed by atoms with van der Waals surface area (Å²) >= 11 is 5.86. The van der Waals surface area contributed by atoms with Gasteiger partial charge < -0.3 is 5.73 Å². The Morgan fingerprint density at radius 2 is 2.14 bits per heavy atom. The van der Waals surface area contributed by atoms with Crippen molar-refractivity contribution in [1.82, 2.24) is 4.98 Å². The molecule has 0 aliphatic rings. The number of nitrogens with two attached hydrogens (primary N) is 1. The van der Waals surface area contributed by atoms with E-state index in [1.165, 1.54) is 0 Å². The molecule has 2 N–H and O–H groups in total. The smallest absolute Gasteiger partial charge is 0.0585 e. The van der Waals surface area contributed by atoms with E-state index in [1.54, 1.807) is 12.3 Å². The van der Waals surface area contributed by atoms with Crippen molar-refractivity contribution in [1.29, 1.82) is 0 Å². The van der Waals surface area contributed by atoms with Gasteiger partial charge in [-0.2, -0.15) is 0 Å². The molecule has 0 saturated heterocycles. The Morgan fingerprint density at radius 3 is 2.64 bits per heavy atom. The molecule has 0 amide bonds. The lowest BCUT2D eigenvalue weighted by Gasteiger charge is -2.22. The third kappa shape index (κ3) is 3.64. The minimum Gasteiger partial charge on any atom is -0.323 e. The molecule has 14 heavy (non-hydrogen) atoms. The van der Waals surface area contributed by atoms with Crippen LogP contribution in [0.1, 0.15) is 38.9 Å². The Labute approximate surface area is 90.5 Å². The van der Waals surface area contributed by atoms with Crippen LogP contribution in [-0.4, -0.2) is 4.98 Å². The van der Waals surface area contributed by atoms with Crippen LogP contribution in [0.5, 0.6) is 0 Å². The van der Waals surface area contributed by atoms with Gasteiger partial charge in [-0.15, -0.1) is 0 Å². The van der Waals surface area contributed by atoms with Crippen molar-refractivity contribution in [3.63, 3.8) is 0 Å². The summed E-state index contributed by atoms with van der Waals surface area (Å²) in [5, 5.41) is 0.694. The van der Waals surface area contributed by atoms with Crippen LogP contribution in [-0.2, 0) is 0 Å². The molecule has 0 aromatic carbocycles. The zero-order valence-electron chi connectivity index (χ0n) is 8.92. The first-order chi connectivity index (χ1) is 6.38. The third-order valence-corrected chi connectivity index (χ3v) is 2.19. The molecule has 0 radical (unpaired) electrons. The molecule has 1 rings (SSSR count). The van der Waals surface area contributed by atoms with E-state index in [2.05, 4.69) is 25.8 Å². The molecule has 0 unspecified atom stereocenters. The van der Waals surface area contributed by atoms with Gasteiger partial charge in [0, 0.05) is 17.3 Å². The van der Waals surface area contributed by atoms with Crippen LogP contribution in [0.3, 0.4) is 0 Å². The molecule has 0 spiro atoms. The molecule has 1 aromatic heterocycles. The lowest BCUT2D eigenvalue weighted by molar-refractivity contribution is 0.340. The van der Waals surface area contributed by atoms with Gasteiger partial charge in [-0.25, -0.2) is 0 Å². The van der Waals surface area contributed by atoms with Gasteiger partial charge in [-0.05, 0) is 24.0 Å². The molecular weight excluding hydrogens is 196 g/mol. The molecule has 1 heterocycles. The van der Waals surface area contributed by atoms with Crippen LogP contribution in [0.15, 0.2) is 18.3 Å². The molecule has 0 saturated carbocycles. The van der Waals surface area contributed by atoms with E-state index in [1.807, 2.05) is 6.07 Å². The molecule has 0 bridgehead atoms. The lowest BCUT2D eigenvalue weighted by atomic mass is 9.87. The Balaban J connectivity index is 2.74. The minimum absolute atomic E-state index is 0.0336.